The monoisotopic (exact) mass is 233 g/mol. The molecule has 4 nitrogen and oxygen atoms in total. The van der Waals surface area contributed by atoms with E-state index in [0.717, 1.165) is 5.76 Å². The topological polar surface area (TPSA) is 43.3 Å². The summed E-state index contributed by atoms with van der Waals surface area (Å²) in [6.45, 7) is 1.89. The first-order valence-corrected chi connectivity index (χ1v) is 5.19. The first-order valence-electron chi connectivity index (χ1n) is 4.82. The van der Waals surface area contributed by atoms with Gasteiger partial charge in [0, 0.05) is 6.20 Å². The van der Waals surface area contributed by atoms with Crippen LogP contribution in [-0.2, 0) is 0 Å². The Kier molecular flexibility index (Phi) is 1.97. The minimum absolute atomic E-state index is 0.574. The van der Waals surface area contributed by atoms with E-state index in [1.807, 2.05) is 31.3 Å². The number of nitrogens with zero attached hydrogens (tertiary/aromatic N) is 3. The van der Waals surface area contributed by atoms with Crippen LogP contribution in [0.25, 0.3) is 17.2 Å². The number of aromatic nitrogens is 3. The first kappa shape index (κ1) is 9.42. The summed E-state index contributed by atoms with van der Waals surface area (Å²) in [5.41, 5.74) is 0.633. The van der Waals surface area contributed by atoms with E-state index < -0.39 is 0 Å². The van der Waals surface area contributed by atoms with Crippen LogP contribution in [0.3, 0.4) is 0 Å². The second-order valence-corrected chi connectivity index (χ2v) is 3.89. The summed E-state index contributed by atoms with van der Waals surface area (Å²) >= 11 is 6.01. The molecule has 3 aromatic rings. The van der Waals surface area contributed by atoms with Crippen molar-refractivity contribution >= 4 is 17.2 Å². The van der Waals surface area contributed by atoms with Gasteiger partial charge in [0.05, 0.1) is 5.02 Å². The lowest BCUT2D eigenvalue weighted by Crippen LogP contribution is -1.87. The van der Waals surface area contributed by atoms with Gasteiger partial charge in [0.25, 0.3) is 0 Å². The zero-order chi connectivity index (χ0) is 11.1. The molecule has 0 saturated carbocycles. The van der Waals surface area contributed by atoms with E-state index in [1.165, 1.54) is 0 Å². The second kappa shape index (κ2) is 3.35. The van der Waals surface area contributed by atoms with Crippen LogP contribution in [0.1, 0.15) is 5.76 Å². The fourth-order valence-electron chi connectivity index (χ4n) is 1.61. The zero-order valence-electron chi connectivity index (χ0n) is 8.51. The lowest BCUT2D eigenvalue weighted by molar-refractivity contribution is 0.543. The standard InChI is InChI=1S/C11H8ClN3O/c1-7-4-5-9(16-7)11-14-13-10-8(12)3-2-6-15(10)11/h2-6H,1H3. The van der Waals surface area contributed by atoms with Gasteiger partial charge in [-0.15, -0.1) is 10.2 Å². The van der Waals surface area contributed by atoms with Gasteiger partial charge in [0.1, 0.15) is 5.76 Å². The summed E-state index contributed by atoms with van der Waals surface area (Å²) in [6.07, 6.45) is 1.86. The van der Waals surface area contributed by atoms with E-state index in [0.29, 0.717) is 22.3 Å². The maximum atomic E-state index is 6.01. The summed E-state index contributed by atoms with van der Waals surface area (Å²) in [7, 11) is 0. The van der Waals surface area contributed by atoms with Gasteiger partial charge in [-0.25, -0.2) is 0 Å². The molecule has 0 radical (unpaired) electrons. The molecule has 0 unspecified atom stereocenters. The minimum atomic E-state index is 0.574. The Bertz CT molecular complexity index is 656. The van der Waals surface area contributed by atoms with Gasteiger partial charge in [-0.2, -0.15) is 0 Å². The van der Waals surface area contributed by atoms with Crippen LogP contribution in [-0.4, -0.2) is 14.6 Å². The smallest absolute Gasteiger partial charge is 0.204 e. The van der Waals surface area contributed by atoms with Crippen molar-refractivity contribution in [1.82, 2.24) is 14.6 Å². The number of pyridine rings is 1. The number of fused-ring (bicyclic) bond motifs is 1. The first-order chi connectivity index (χ1) is 7.75. The molecule has 16 heavy (non-hydrogen) atoms. The third-order valence-corrected chi connectivity index (χ3v) is 2.64. The van der Waals surface area contributed by atoms with Gasteiger partial charge < -0.3 is 4.42 Å². The molecule has 0 amide bonds. The van der Waals surface area contributed by atoms with Crippen molar-refractivity contribution in [2.75, 3.05) is 0 Å². The van der Waals surface area contributed by atoms with Gasteiger partial charge in [0.15, 0.2) is 11.4 Å². The van der Waals surface area contributed by atoms with E-state index in [1.54, 1.807) is 10.5 Å². The van der Waals surface area contributed by atoms with Crippen LogP contribution in [0.4, 0.5) is 0 Å². The number of halogens is 1. The van der Waals surface area contributed by atoms with Crippen molar-refractivity contribution in [3.8, 4) is 11.6 Å². The highest BCUT2D eigenvalue weighted by molar-refractivity contribution is 6.33. The molecule has 0 bridgehead atoms. The van der Waals surface area contributed by atoms with E-state index in [-0.39, 0.29) is 0 Å². The third-order valence-electron chi connectivity index (χ3n) is 2.35. The third kappa shape index (κ3) is 1.31. The van der Waals surface area contributed by atoms with Gasteiger partial charge in [0.2, 0.25) is 5.82 Å². The molecule has 0 saturated heterocycles. The van der Waals surface area contributed by atoms with Crippen molar-refractivity contribution in [3.63, 3.8) is 0 Å². The Morgan fingerprint density at radius 1 is 1.25 bits per heavy atom. The van der Waals surface area contributed by atoms with Gasteiger partial charge in [-0.05, 0) is 31.2 Å². The number of aryl methyl sites for hydroxylation is 1. The van der Waals surface area contributed by atoms with Crippen LogP contribution in [0.15, 0.2) is 34.9 Å². The molecule has 3 rings (SSSR count). The molecule has 3 heterocycles. The number of hydrogen-bond acceptors (Lipinski definition) is 3. The molecular weight excluding hydrogens is 226 g/mol. The van der Waals surface area contributed by atoms with Gasteiger partial charge >= 0.3 is 0 Å². The minimum Gasteiger partial charge on any atom is -0.458 e. The molecule has 0 fully saturated rings. The van der Waals surface area contributed by atoms with Crippen LogP contribution < -0.4 is 0 Å². The zero-order valence-corrected chi connectivity index (χ0v) is 9.27. The van der Waals surface area contributed by atoms with Crippen molar-refractivity contribution in [2.45, 2.75) is 6.92 Å². The van der Waals surface area contributed by atoms with Crippen LogP contribution >= 0.6 is 11.6 Å². The molecule has 0 spiro atoms. The average Bonchev–Trinajstić information content (AvgIpc) is 2.84. The van der Waals surface area contributed by atoms with Gasteiger partial charge in [-0.3, -0.25) is 4.40 Å². The number of rotatable bonds is 1. The quantitative estimate of drug-likeness (QED) is 0.649. The Morgan fingerprint density at radius 3 is 2.88 bits per heavy atom. The average molecular weight is 234 g/mol. The highest BCUT2D eigenvalue weighted by atomic mass is 35.5. The predicted molar refractivity (Wildman–Crippen MR) is 60.4 cm³/mol. The molecule has 0 aliphatic rings. The highest BCUT2D eigenvalue weighted by Gasteiger charge is 2.12. The van der Waals surface area contributed by atoms with Crippen molar-refractivity contribution < 1.29 is 4.42 Å². The largest absolute Gasteiger partial charge is 0.458 e. The Labute approximate surface area is 96.5 Å². The van der Waals surface area contributed by atoms with Crippen molar-refractivity contribution in [3.05, 3.63) is 41.2 Å². The summed E-state index contributed by atoms with van der Waals surface area (Å²) in [5, 5.41) is 8.67. The lowest BCUT2D eigenvalue weighted by Gasteiger charge is -1.96. The summed E-state index contributed by atoms with van der Waals surface area (Å²) < 4.78 is 7.32. The molecule has 5 heteroatoms. The maximum absolute atomic E-state index is 6.01. The Hall–Kier alpha value is -1.81. The van der Waals surface area contributed by atoms with Crippen LogP contribution in [0.5, 0.6) is 0 Å². The lowest BCUT2D eigenvalue weighted by atomic mass is 10.4. The molecule has 3 aromatic heterocycles. The second-order valence-electron chi connectivity index (χ2n) is 3.48. The van der Waals surface area contributed by atoms with Crippen LogP contribution in [0, 0.1) is 6.92 Å². The summed E-state index contributed by atoms with van der Waals surface area (Å²) in [4.78, 5) is 0. The van der Waals surface area contributed by atoms with Crippen LogP contribution in [0.2, 0.25) is 5.02 Å². The fourth-order valence-corrected chi connectivity index (χ4v) is 1.81. The Morgan fingerprint density at radius 2 is 2.12 bits per heavy atom. The molecule has 0 N–H and O–H groups in total. The van der Waals surface area contributed by atoms with E-state index in [9.17, 15) is 0 Å². The summed E-state index contributed by atoms with van der Waals surface area (Å²) in [6, 6.07) is 7.38. The number of furan rings is 1. The molecular formula is C11H8ClN3O. The predicted octanol–water partition coefficient (Wildman–Crippen LogP) is 2.95. The molecule has 0 aliphatic carbocycles. The Balaban J connectivity index is 2.29. The molecule has 0 aliphatic heterocycles. The normalized spacial score (nSPS) is 11.1. The van der Waals surface area contributed by atoms with E-state index in [2.05, 4.69) is 10.2 Å². The highest BCUT2D eigenvalue weighted by Crippen LogP contribution is 2.23. The van der Waals surface area contributed by atoms with Gasteiger partial charge in [-0.1, -0.05) is 11.6 Å². The molecule has 0 atom stereocenters. The van der Waals surface area contributed by atoms with Crippen molar-refractivity contribution in [2.24, 2.45) is 0 Å². The van der Waals surface area contributed by atoms with Crippen molar-refractivity contribution in [1.29, 1.82) is 0 Å². The fraction of sp³-hybridized carbons (Fsp3) is 0.0909. The molecule has 80 valence electrons. The summed E-state index contributed by atoms with van der Waals surface area (Å²) in [5.74, 6) is 2.19. The van der Waals surface area contributed by atoms with E-state index in [4.69, 9.17) is 16.0 Å². The van der Waals surface area contributed by atoms with E-state index >= 15 is 0 Å². The SMILES string of the molecule is Cc1ccc(-c2nnc3c(Cl)cccn23)o1. The molecule has 0 aromatic carbocycles. The maximum Gasteiger partial charge on any atom is 0.204 e. The number of hydrogen-bond donors (Lipinski definition) is 0.